The van der Waals surface area contributed by atoms with Crippen LogP contribution in [0.15, 0.2) is 29.5 Å². The molecule has 0 saturated carbocycles. The van der Waals surface area contributed by atoms with E-state index in [1.165, 1.54) is 33.2 Å². The highest BCUT2D eigenvalue weighted by molar-refractivity contribution is 6.08. The van der Waals surface area contributed by atoms with E-state index in [0.29, 0.717) is 17.1 Å². The second-order valence-corrected chi connectivity index (χ2v) is 5.33. The second-order valence-electron chi connectivity index (χ2n) is 5.33. The lowest BCUT2D eigenvalue weighted by Gasteiger charge is -2.26. The summed E-state index contributed by atoms with van der Waals surface area (Å²) in [6, 6.07) is 4.43. The van der Waals surface area contributed by atoms with Gasteiger partial charge >= 0.3 is 0 Å². The number of ether oxygens (including phenoxy) is 3. The van der Waals surface area contributed by atoms with Gasteiger partial charge in [-0.15, -0.1) is 0 Å². The number of Topliss-reactive ketones (excluding diaryl/α,β-unsaturated/α-hetero) is 1. The van der Waals surface area contributed by atoms with Crippen LogP contribution >= 0.6 is 0 Å². The lowest BCUT2D eigenvalue weighted by Crippen LogP contribution is -2.33. The summed E-state index contributed by atoms with van der Waals surface area (Å²) in [5, 5.41) is 10.1. The zero-order chi connectivity index (χ0) is 17.9. The normalized spacial score (nSPS) is 17.4. The van der Waals surface area contributed by atoms with E-state index >= 15 is 0 Å². The van der Waals surface area contributed by atoms with Gasteiger partial charge in [-0.05, 0) is 24.6 Å². The fourth-order valence-electron chi connectivity index (χ4n) is 2.80. The SMILES string of the molecule is COCCN1C(=O)C(O)=C(C(C)=O)[C@@H]1c1ccc(OC)c(OC)c1. The first-order valence-corrected chi connectivity index (χ1v) is 7.42. The van der Waals surface area contributed by atoms with Crippen LogP contribution in [0.25, 0.3) is 0 Å². The monoisotopic (exact) mass is 335 g/mol. The van der Waals surface area contributed by atoms with Crippen LogP contribution in [-0.2, 0) is 14.3 Å². The first-order chi connectivity index (χ1) is 11.5. The fraction of sp³-hybridized carbons (Fsp3) is 0.412. The number of aliphatic hydroxyl groups is 1. The van der Waals surface area contributed by atoms with E-state index in [1.54, 1.807) is 18.2 Å². The summed E-state index contributed by atoms with van der Waals surface area (Å²) in [6.45, 7) is 1.86. The Bertz CT molecular complexity index is 682. The Hall–Kier alpha value is -2.54. The molecule has 7 nitrogen and oxygen atoms in total. The number of methoxy groups -OCH3 is 3. The number of benzene rings is 1. The molecule has 130 valence electrons. The van der Waals surface area contributed by atoms with E-state index in [0.717, 1.165) is 0 Å². The van der Waals surface area contributed by atoms with E-state index in [1.807, 2.05) is 0 Å². The first-order valence-electron chi connectivity index (χ1n) is 7.42. The molecule has 7 heteroatoms. The summed E-state index contributed by atoms with van der Waals surface area (Å²) in [5.74, 6) is -0.453. The molecule has 1 heterocycles. The fourth-order valence-corrected chi connectivity index (χ4v) is 2.80. The molecule has 24 heavy (non-hydrogen) atoms. The van der Waals surface area contributed by atoms with Gasteiger partial charge in [0.2, 0.25) is 0 Å². The average molecular weight is 335 g/mol. The number of carbonyl (C=O) groups excluding carboxylic acids is 2. The van der Waals surface area contributed by atoms with Crippen LogP contribution in [0, 0.1) is 0 Å². The molecule has 0 fully saturated rings. The number of nitrogens with zero attached hydrogens (tertiary/aromatic N) is 1. The minimum Gasteiger partial charge on any atom is -0.503 e. The standard InChI is InChI=1S/C17H21NO6/c1-10(19)14-15(18(7-8-22-2)17(21)16(14)20)11-5-6-12(23-3)13(9-11)24-4/h5-6,9,15,20H,7-8H2,1-4H3/t15-/m0/s1. The molecule has 1 aliphatic rings. The van der Waals surface area contributed by atoms with Crippen molar-refractivity contribution in [3.8, 4) is 11.5 Å². The van der Waals surface area contributed by atoms with E-state index in [-0.39, 0.29) is 24.5 Å². The van der Waals surface area contributed by atoms with Crippen LogP contribution in [0.2, 0.25) is 0 Å². The molecule has 2 rings (SSSR count). The van der Waals surface area contributed by atoms with Crippen molar-refractivity contribution in [2.45, 2.75) is 13.0 Å². The number of aliphatic hydroxyl groups excluding tert-OH is 1. The van der Waals surface area contributed by atoms with Gasteiger partial charge in [0.05, 0.1) is 32.4 Å². The van der Waals surface area contributed by atoms with Gasteiger partial charge in [0.15, 0.2) is 23.0 Å². The third-order valence-corrected chi connectivity index (χ3v) is 3.94. The van der Waals surface area contributed by atoms with Crippen molar-refractivity contribution in [2.75, 3.05) is 34.5 Å². The number of rotatable bonds is 7. The van der Waals surface area contributed by atoms with Crippen molar-refractivity contribution >= 4 is 11.7 Å². The van der Waals surface area contributed by atoms with Crippen LogP contribution in [0.1, 0.15) is 18.5 Å². The maximum atomic E-state index is 12.3. The molecule has 0 aromatic heterocycles. The van der Waals surface area contributed by atoms with E-state index in [4.69, 9.17) is 14.2 Å². The zero-order valence-electron chi connectivity index (χ0n) is 14.2. The lowest BCUT2D eigenvalue weighted by molar-refractivity contribution is -0.130. The molecule has 1 aromatic carbocycles. The molecule has 1 aliphatic heterocycles. The van der Waals surface area contributed by atoms with Crippen molar-refractivity contribution in [3.05, 3.63) is 35.1 Å². The van der Waals surface area contributed by atoms with E-state index in [2.05, 4.69) is 0 Å². The Kier molecular flexibility index (Phi) is 5.46. The molecule has 0 radical (unpaired) electrons. The highest BCUT2D eigenvalue weighted by atomic mass is 16.5. The predicted molar refractivity (Wildman–Crippen MR) is 86.2 cm³/mol. The van der Waals surface area contributed by atoms with Crippen LogP contribution in [0.3, 0.4) is 0 Å². The largest absolute Gasteiger partial charge is 0.503 e. The highest BCUT2D eigenvalue weighted by Gasteiger charge is 2.42. The van der Waals surface area contributed by atoms with Gasteiger partial charge in [-0.2, -0.15) is 0 Å². The molecule has 0 bridgehead atoms. The van der Waals surface area contributed by atoms with Crippen LogP contribution in [0.4, 0.5) is 0 Å². The molecule has 1 atom stereocenters. The number of ketones is 1. The molecule has 0 spiro atoms. The third kappa shape index (κ3) is 3.07. The molecule has 0 saturated heterocycles. The summed E-state index contributed by atoms with van der Waals surface area (Å²) in [4.78, 5) is 25.8. The third-order valence-electron chi connectivity index (χ3n) is 3.94. The van der Waals surface area contributed by atoms with Gasteiger partial charge < -0.3 is 24.2 Å². The Balaban J connectivity index is 2.52. The Morgan fingerprint density at radius 2 is 1.88 bits per heavy atom. The van der Waals surface area contributed by atoms with Gasteiger partial charge in [-0.1, -0.05) is 6.07 Å². The summed E-state index contributed by atoms with van der Waals surface area (Å²) in [7, 11) is 4.54. The van der Waals surface area contributed by atoms with Crippen LogP contribution in [0.5, 0.6) is 11.5 Å². The van der Waals surface area contributed by atoms with E-state index < -0.39 is 17.7 Å². The Labute approximate surface area is 140 Å². The van der Waals surface area contributed by atoms with Gasteiger partial charge in [0.1, 0.15) is 0 Å². The minimum atomic E-state index is -0.690. The summed E-state index contributed by atoms with van der Waals surface area (Å²) >= 11 is 0. The highest BCUT2D eigenvalue weighted by Crippen LogP contribution is 2.40. The number of amides is 1. The molecule has 1 aromatic rings. The number of hydrogen-bond donors (Lipinski definition) is 1. The lowest BCUT2D eigenvalue weighted by atomic mass is 9.96. The molecule has 0 aliphatic carbocycles. The summed E-state index contributed by atoms with van der Waals surface area (Å²) in [6.07, 6.45) is 0. The van der Waals surface area contributed by atoms with Crippen molar-refractivity contribution in [1.82, 2.24) is 4.90 Å². The van der Waals surface area contributed by atoms with E-state index in [9.17, 15) is 14.7 Å². The summed E-state index contributed by atoms with van der Waals surface area (Å²) in [5.41, 5.74) is 0.717. The van der Waals surface area contributed by atoms with Crippen molar-refractivity contribution in [2.24, 2.45) is 0 Å². The Morgan fingerprint density at radius 3 is 2.42 bits per heavy atom. The van der Waals surface area contributed by atoms with Gasteiger partial charge in [0, 0.05) is 13.7 Å². The molecule has 0 unspecified atom stereocenters. The zero-order valence-corrected chi connectivity index (χ0v) is 14.2. The number of hydrogen-bond acceptors (Lipinski definition) is 6. The van der Waals surface area contributed by atoms with Crippen molar-refractivity contribution < 1.29 is 28.9 Å². The molecule has 1 amide bonds. The smallest absolute Gasteiger partial charge is 0.290 e. The topological polar surface area (TPSA) is 85.3 Å². The predicted octanol–water partition coefficient (Wildman–Crippen LogP) is 1.63. The van der Waals surface area contributed by atoms with Crippen LogP contribution < -0.4 is 9.47 Å². The second kappa shape index (κ2) is 7.35. The van der Waals surface area contributed by atoms with Crippen molar-refractivity contribution in [1.29, 1.82) is 0 Å². The molecule has 1 N–H and O–H groups in total. The van der Waals surface area contributed by atoms with Gasteiger partial charge in [0.25, 0.3) is 5.91 Å². The maximum absolute atomic E-state index is 12.3. The van der Waals surface area contributed by atoms with Crippen molar-refractivity contribution in [3.63, 3.8) is 0 Å². The summed E-state index contributed by atoms with van der Waals surface area (Å²) < 4.78 is 15.5. The molecular formula is C17H21NO6. The van der Waals surface area contributed by atoms with Crippen LogP contribution in [-0.4, -0.2) is 56.2 Å². The maximum Gasteiger partial charge on any atom is 0.290 e. The van der Waals surface area contributed by atoms with Gasteiger partial charge in [-0.25, -0.2) is 0 Å². The average Bonchev–Trinajstić information content (AvgIpc) is 2.83. The number of carbonyl (C=O) groups is 2. The molecular weight excluding hydrogens is 314 g/mol. The Morgan fingerprint density at radius 1 is 1.21 bits per heavy atom. The van der Waals surface area contributed by atoms with Gasteiger partial charge in [-0.3, -0.25) is 9.59 Å². The minimum absolute atomic E-state index is 0.0725. The first kappa shape index (κ1) is 17.8. The quantitative estimate of drug-likeness (QED) is 0.815.